The summed E-state index contributed by atoms with van der Waals surface area (Å²) in [6.45, 7) is 1.27. The Bertz CT molecular complexity index is 301. The first-order valence-corrected chi connectivity index (χ1v) is 6.06. The molecule has 19 heavy (non-hydrogen) atoms. The summed E-state index contributed by atoms with van der Waals surface area (Å²) in [6.07, 6.45) is -5.64. The second kappa shape index (κ2) is 7.13. The van der Waals surface area contributed by atoms with Gasteiger partial charge in [0.05, 0.1) is 12.1 Å². The van der Waals surface area contributed by atoms with Gasteiger partial charge in [-0.3, -0.25) is 4.79 Å². The predicted molar refractivity (Wildman–Crippen MR) is 63.0 cm³/mol. The van der Waals surface area contributed by atoms with Crippen molar-refractivity contribution in [1.82, 2.24) is 5.32 Å². The van der Waals surface area contributed by atoms with Gasteiger partial charge in [-0.05, 0) is 6.92 Å². The second-order valence-corrected chi connectivity index (χ2v) is 4.49. The lowest BCUT2D eigenvalue weighted by Gasteiger charge is -2.41. The van der Waals surface area contributed by atoms with E-state index >= 15 is 0 Å². The van der Waals surface area contributed by atoms with Gasteiger partial charge in [0.25, 0.3) is 0 Å². The summed E-state index contributed by atoms with van der Waals surface area (Å²) < 4.78 is 10.1. The van der Waals surface area contributed by atoms with Crippen LogP contribution in [0.1, 0.15) is 13.3 Å². The molecule has 1 aliphatic rings. The van der Waals surface area contributed by atoms with E-state index in [0.29, 0.717) is 0 Å². The molecule has 1 fully saturated rings. The van der Waals surface area contributed by atoms with Gasteiger partial charge in [-0.25, -0.2) is 0 Å². The van der Waals surface area contributed by atoms with Crippen molar-refractivity contribution in [3.63, 3.8) is 0 Å². The van der Waals surface area contributed by atoms with Crippen LogP contribution in [-0.2, 0) is 14.3 Å². The fourth-order valence-electron chi connectivity index (χ4n) is 1.94. The van der Waals surface area contributed by atoms with Crippen molar-refractivity contribution in [2.45, 2.75) is 50.1 Å². The van der Waals surface area contributed by atoms with Crippen molar-refractivity contribution in [1.29, 1.82) is 0 Å². The van der Waals surface area contributed by atoms with Crippen molar-refractivity contribution in [2.75, 3.05) is 13.7 Å². The van der Waals surface area contributed by atoms with Crippen LogP contribution in [0.5, 0.6) is 0 Å². The van der Waals surface area contributed by atoms with E-state index in [4.69, 9.17) is 14.6 Å². The van der Waals surface area contributed by atoms with Gasteiger partial charge in [0, 0.05) is 20.1 Å². The molecule has 0 radical (unpaired) electrons. The maximum Gasteiger partial charge on any atom is 0.249 e. The van der Waals surface area contributed by atoms with Crippen LogP contribution in [0.15, 0.2) is 0 Å². The minimum absolute atomic E-state index is 0.104. The molecule has 0 aromatic rings. The van der Waals surface area contributed by atoms with Gasteiger partial charge < -0.3 is 35.2 Å². The molecule has 112 valence electrons. The Labute approximate surface area is 110 Å². The van der Waals surface area contributed by atoms with E-state index in [1.807, 2.05) is 0 Å². The van der Waals surface area contributed by atoms with Crippen molar-refractivity contribution in [3.05, 3.63) is 0 Å². The van der Waals surface area contributed by atoms with Crippen molar-refractivity contribution in [3.8, 4) is 0 Å². The lowest BCUT2D eigenvalue weighted by molar-refractivity contribution is -0.263. The zero-order chi connectivity index (χ0) is 14.6. The van der Waals surface area contributed by atoms with Crippen LogP contribution in [0.2, 0.25) is 0 Å². The summed E-state index contributed by atoms with van der Waals surface area (Å²) >= 11 is 0. The molecule has 6 atom stereocenters. The largest absolute Gasteiger partial charge is 0.396 e. The third-order valence-corrected chi connectivity index (χ3v) is 3.10. The highest BCUT2D eigenvalue weighted by Gasteiger charge is 2.43. The van der Waals surface area contributed by atoms with Crippen LogP contribution in [0.25, 0.3) is 0 Å². The standard InChI is InChI=1S/C11H21NO7/c1-5-7(12-10(17)6(14)3-4-13)8(15)9(16)11(18-2)19-5/h5-9,11,13-16H,3-4H2,1-2H3,(H,12,17)/t5-,6+,7-,8+,9+,11+/m1/s1. The van der Waals surface area contributed by atoms with Crippen molar-refractivity contribution in [2.24, 2.45) is 0 Å². The van der Waals surface area contributed by atoms with Crippen LogP contribution >= 0.6 is 0 Å². The molecule has 1 rings (SSSR count). The minimum atomic E-state index is -1.37. The van der Waals surface area contributed by atoms with Crippen molar-refractivity contribution >= 4 is 5.91 Å². The number of methoxy groups -OCH3 is 1. The monoisotopic (exact) mass is 279 g/mol. The first-order chi connectivity index (χ1) is 8.92. The predicted octanol–water partition coefficient (Wildman–Crippen LogP) is -2.67. The summed E-state index contributed by atoms with van der Waals surface area (Å²) in [7, 11) is 1.33. The van der Waals surface area contributed by atoms with E-state index in [1.54, 1.807) is 6.92 Å². The lowest BCUT2D eigenvalue weighted by Crippen LogP contribution is -2.63. The van der Waals surface area contributed by atoms with Crippen LogP contribution in [-0.4, -0.2) is 76.8 Å². The molecule has 0 aromatic carbocycles. The highest BCUT2D eigenvalue weighted by atomic mass is 16.7. The smallest absolute Gasteiger partial charge is 0.249 e. The second-order valence-electron chi connectivity index (χ2n) is 4.49. The maximum atomic E-state index is 11.6. The molecule has 0 aromatic heterocycles. The minimum Gasteiger partial charge on any atom is -0.396 e. The quantitative estimate of drug-likeness (QED) is 0.371. The number of carbonyl (C=O) groups is 1. The number of aliphatic hydroxyl groups is 4. The normalized spacial score (nSPS) is 36.8. The van der Waals surface area contributed by atoms with Crippen molar-refractivity contribution < 1.29 is 34.7 Å². The topological polar surface area (TPSA) is 128 Å². The molecule has 1 aliphatic heterocycles. The summed E-state index contributed by atoms with van der Waals surface area (Å²) in [5.74, 6) is -0.739. The molecule has 1 amide bonds. The molecular weight excluding hydrogens is 258 g/mol. The van der Waals surface area contributed by atoms with Gasteiger partial charge in [-0.15, -0.1) is 0 Å². The Hall–Kier alpha value is -0.770. The van der Waals surface area contributed by atoms with Crippen LogP contribution in [0, 0.1) is 0 Å². The molecule has 1 saturated heterocycles. The third kappa shape index (κ3) is 3.85. The fourth-order valence-corrected chi connectivity index (χ4v) is 1.94. The molecule has 0 spiro atoms. The number of amides is 1. The SMILES string of the molecule is CO[C@H]1O[C@H](C)[C@@H](NC(=O)[C@@H](O)CCO)[C@H](O)[C@@H]1O. The van der Waals surface area contributed by atoms with Crippen LogP contribution < -0.4 is 5.32 Å². The molecule has 5 N–H and O–H groups in total. The number of nitrogens with one attached hydrogen (secondary N) is 1. The Morgan fingerprint density at radius 2 is 2.05 bits per heavy atom. The average Bonchev–Trinajstić information content (AvgIpc) is 2.38. The van der Waals surface area contributed by atoms with Crippen LogP contribution in [0.4, 0.5) is 0 Å². The van der Waals surface area contributed by atoms with E-state index in [9.17, 15) is 20.1 Å². The molecule has 8 heteroatoms. The lowest BCUT2D eigenvalue weighted by atomic mass is 9.96. The molecule has 0 aliphatic carbocycles. The van der Waals surface area contributed by atoms with E-state index in [-0.39, 0.29) is 13.0 Å². The van der Waals surface area contributed by atoms with Gasteiger partial charge >= 0.3 is 0 Å². The first kappa shape index (κ1) is 16.3. The zero-order valence-corrected chi connectivity index (χ0v) is 10.9. The molecular formula is C11H21NO7. The molecule has 1 heterocycles. The average molecular weight is 279 g/mol. The number of rotatable bonds is 5. The summed E-state index contributed by atoms with van der Waals surface area (Å²) in [5.41, 5.74) is 0. The first-order valence-electron chi connectivity index (χ1n) is 6.06. The van der Waals surface area contributed by atoms with Gasteiger partial charge in [0.1, 0.15) is 18.3 Å². The van der Waals surface area contributed by atoms with E-state index in [2.05, 4.69) is 5.32 Å². The van der Waals surface area contributed by atoms with E-state index in [1.165, 1.54) is 7.11 Å². The van der Waals surface area contributed by atoms with Gasteiger partial charge in [0.2, 0.25) is 5.91 Å². The summed E-state index contributed by atoms with van der Waals surface area (Å²) in [4.78, 5) is 11.6. The van der Waals surface area contributed by atoms with E-state index in [0.717, 1.165) is 0 Å². The van der Waals surface area contributed by atoms with Gasteiger partial charge in [-0.2, -0.15) is 0 Å². The molecule has 0 saturated carbocycles. The highest BCUT2D eigenvalue weighted by Crippen LogP contribution is 2.21. The number of ether oxygens (including phenoxy) is 2. The number of carbonyl (C=O) groups excluding carboxylic acids is 1. The Morgan fingerprint density at radius 1 is 1.42 bits per heavy atom. The number of aliphatic hydroxyl groups excluding tert-OH is 4. The van der Waals surface area contributed by atoms with Crippen LogP contribution in [0.3, 0.4) is 0 Å². The molecule has 8 nitrogen and oxygen atoms in total. The number of hydrogen-bond acceptors (Lipinski definition) is 7. The Balaban J connectivity index is 2.64. The number of hydrogen-bond donors (Lipinski definition) is 5. The van der Waals surface area contributed by atoms with Gasteiger partial charge in [-0.1, -0.05) is 0 Å². The zero-order valence-electron chi connectivity index (χ0n) is 10.9. The summed E-state index contributed by atoms with van der Waals surface area (Å²) in [6, 6.07) is -0.873. The molecule has 0 bridgehead atoms. The molecule has 0 unspecified atom stereocenters. The summed E-state index contributed by atoms with van der Waals surface area (Å²) in [5, 5.41) is 40.1. The Morgan fingerprint density at radius 3 is 2.58 bits per heavy atom. The third-order valence-electron chi connectivity index (χ3n) is 3.10. The van der Waals surface area contributed by atoms with E-state index < -0.39 is 42.7 Å². The fraction of sp³-hybridized carbons (Fsp3) is 0.909. The highest BCUT2D eigenvalue weighted by molar-refractivity contribution is 5.80. The van der Waals surface area contributed by atoms with Gasteiger partial charge in [0.15, 0.2) is 6.29 Å². The Kier molecular flexibility index (Phi) is 6.11. The maximum absolute atomic E-state index is 11.6.